The zero-order valence-corrected chi connectivity index (χ0v) is 11.1. The molecule has 0 aliphatic heterocycles. The molecule has 0 spiro atoms. The molecule has 2 N–H and O–H groups in total. The number of rotatable bonds is 2. The number of hydrogen-bond acceptors (Lipinski definition) is 3. The van der Waals surface area contributed by atoms with Crippen LogP contribution in [0.4, 0.5) is 14.5 Å². The van der Waals surface area contributed by atoms with Crippen molar-refractivity contribution in [2.24, 2.45) is 10.7 Å². The minimum atomic E-state index is -0.724. The lowest BCUT2D eigenvalue weighted by molar-refractivity contribution is 0.572. The van der Waals surface area contributed by atoms with Crippen LogP contribution in [0.5, 0.6) is 0 Å². The minimum absolute atomic E-state index is 0.0908. The van der Waals surface area contributed by atoms with E-state index in [1.54, 1.807) is 25.1 Å². The molecule has 3 rings (SSSR count). The summed E-state index contributed by atoms with van der Waals surface area (Å²) in [7, 11) is 0. The molecule has 0 unspecified atom stereocenters. The Morgan fingerprint density at radius 1 is 1.19 bits per heavy atom. The molecule has 0 saturated heterocycles. The van der Waals surface area contributed by atoms with Gasteiger partial charge in [-0.05, 0) is 37.3 Å². The van der Waals surface area contributed by atoms with E-state index >= 15 is 0 Å². The van der Waals surface area contributed by atoms with E-state index in [0.717, 1.165) is 12.1 Å². The molecule has 21 heavy (non-hydrogen) atoms. The third-order valence-electron chi connectivity index (χ3n) is 2.84. The summed E-state index contributed by atoms with van der Waals surface area (Å²) in [6.45, 7) is 1.67. The van der Waals surface area contributed by atoms with Crippen molar-refractivity contribution < 1.29 is 13.2 Å². The van der Waals surface area contributed by atoms with E-state index in [1.807, 2.05) is 0 Å². The van der Waals surface area contributed by atoms with E-state index in [-0.39, 0.29) is 11.5 Å². The number of amidine groups is 1. The summed E-state index contributed by atoms with van der Waals surface area (Å²) < 4.78 is 32.1. The predicted octanol–water partition coefficient (Wildman–Crippen LogP) is 3.78. The third-order valence-corrected chi connectivity index (χ3v) is 2.84. The van der Waals surface area contributed by atoms with Crippen molar-refractivity contribution in [1.82, 2.24) is 4.98 Å². The van der Waals surface area contributed by atoms with Crippen molar-refractivity contribution in [2.75, 3.05) is 0 Å². The van der Waals surface area contributed by atoms with Crippen molar-refractivity contribution >= 4 is 22.6 Å². The largest absolute Gasteiger partial charge is 0.436 e. The average molecular weight is 287 g/mol. The van der Waals surface area contributed by atoms with Gasteiger partial charge in [-0.1, -0.05) is 0 Å². The van der Waals surface area contributed by atoms with Gasteiger partial charge in [0.05, 0.1) is 17.1 Å². The van der Waals surface area contributed by atoms with Gasteiger partial charge in [0, 0.05) is 6.07 Å². The second-order valence-corrected chi connectivity index (χ2v) is 4.55. The van der Waals surface area contributed by atoms with Crippen LogP contribution in [-0.4, -0.2) is 10.8 Å². The first-order valence-electron chi connectivity index (χ1n) is 6.20. The second kappa shape index (κ2) is 4.97. The maximum absolute atomic E-state index is 13.7. The zero-order valence-electron chi connectivity index (χ0n) is 11.1. The van der Waals surface area contributed by atoms with Gasteiger partial charge in [-0.2, -0.15) is 0 Å². The van der Waals surface area contributed by atoms with Gasteiger partial charge in [-0.25, -0.2) is 18.8 Å². The van der Waals surface area contributed by atoms with Crippen LogP contribution in [0.25, 0.3) is 22.6 Å². The van der Waals surface area contributed by atoms with Gasteiger partial charge in [-0.3, -0.25) is 0 Å². The molecule has 2 aromatic carbocycles. The zero-order chi connectivity index (χ0) is 15.0. The second-order valence-electron chi connectivity index (χ2n) is 4.55. The molecule has 1 heterocycles. The number of oxazole rings is 1. The minimum Gasteiger partial charge on any atom is -0.436 e. The molecule has 0 aliphatic carbocycles. The molecule has 1 aromatic heterocycles. The summed E-state index contributed by atoms with van der Waals surface area (Å²) in [5, 5.41) is 0. The van der Waals surface area contributed by atoms with Crippen LogP contribution in [-0.2, 0) is 0 Å². The number of hydrogen-bond donors (Lipinski definition) is 1. The van der Waals surface area contributed by atoms with E-state index in [0.29, 0.717) is 22.6 Å². The highest BCUT2D eigenvalue weighted by molar-refractivity contribution is 5.84. The Balaban J connectivity index is 2.10. The maximum Gasteiger partial charge on any atom is 0.230 e. The first-order valence-corrected chi connectivity index (χ1v) is 6.20. The number of aromatic nitrogens is 1. The lowest BCUT2D eigenvalue weighted by Gasteiger charge is -1.97. The van der Waals surface area contributed by atoms with Gasteiger partial charge in [-0.15, -0.1) is 0 Å². The van der Waals surface area contributed by atoms with Crippen molar-refractivity contribution in [3.8, 4) is 11.5 Å². The van der Waals surface area contributed by atoms with Crippen LogP contribution in [0.15, 0.2) is 45.8 Å². The molecule has 6 heteroatoms. The van der Waals surface area contributed by atoms with E-state index in [1.165, 1.54) is 6.07 Å². The van der Waals surface area contributed by atoms with Crippen molar-refractivity contribution in [2.45, 2.75) is 6.92 Å². The first kappa shape index (κ1) is 13.2. The summed E-state index contributed by atoms with van der Waals surface area (Å²) in [4.78, 5) is 8.31. The maximum atomic E-state index is 13.7. The third kappa shape index (κ3) is 2.60. The van der Waals surface area contributed by atoms with Crippen LogP contribution in [0, 0.1) is 11.6 Å². The van der Waals surface area contributed by atoms with E-state index in [4.69, 9.17) is 10.2 Å². The van der Waals surface area contributed by atoms with Crippen LogP contribution in [0.3, 0.4) is 0 Å². The van der Waals surface area contributed by atoms with Gasteiger partial charge < -0.3 is 10.2 Å². The SMILES string of the molecule is CC(N)=Nc1ccc2oc(-c3ccc(F)cc3F)nc2c1. The highest BCUT2D eigenvalue weighted by Gasteiger charge is 2.13. The number of nitrogens with two attached hydrogens (primary N) is 1. The van der Waals surface area contributed by atoms with Gasteiger partial charge in [0.1, 0.15) is 17.2 Å². The molecule has 0 saturated carbocycles. The van der Waals surface area contributed by atoms with Crippen molar-refractivity contribution in [3.63, 3.8) is 0 Å². The molecular formula is C15H11F2N3O. The van der Waals surface area contributed by atoms with E-state index < -0.39 is 11.6 Å². The molecule has 3 aromatic rings. The van der Waals surface area contributed by atoms with Gasteiger partial charge in [0.2, 0.25) is 5.89 Å². The summed E-state index contributed by atoms with van der Waals surface area (Å²) >= 11 is 0. The van der Waals surface area contributed by atoms with Crippen LogP contribution in [0.2, 0.25) is 0 Å². The van der Waals surface area contributed by atoms with Gasteiger partial charge in [0.15, 0.2) is 5.58 Å². The molecule has 0 amide bonds. The number of nitrogens with zero attached hydrogens (tertiary/aromatic N) is 2. The van der Waals surface area contributed by atoms with Crippen molar-refractivity contribution in [1.29, 1.82) is 0 Å². The lowest BCUT2D eigenvalue weighted by Crippen LogP contribution is -2.03. The lowest BCUT2D eigenvalue weighted by atomic mass is 10.2. The molecule has 106 valence electrons. The molecule has 4 nitrogen and oxygen atoms in total. The Bertz CT molecular complexity index is 851. The highest BCUT2D eigenvalue weighted by atomic mass is 19.1. The summed E-state index contributed by atoms with van der Waals surface area (Å²) in [6, 6.07) is 8.31. The van der Waals surface area contributed by atoms with Gasteiger partial charge in [0.25, 0.3) is 0 Å². The average Bonchev–Trinajstić information content (AvgIpc) is 2.80. The quantitative estimate of drug-likeness (QED) is 0.576. The molecular weight excluding hydrogens is 276 g/mol. The normalized spacial score (nSPS) is 12.0. The number of halogens is 2. The monoisotopic (exact) mass is 287 g/mol. The van der Waals surface area contributed by atoms with Crippen molar-refractivity contribution in [3.05, 3.63) is 48.0 Å². The van der Waals surface area contributed by atoms with E-state index in [9.17, 15) is 8.78 Å². The smallest absolute Gasteiger partial charge is 0.230 e. The summed E-state index contributed by atoms with van der Waals surface area (Å²) in [6.07, 6.45) is 0. The van der Waals surface area contributed by atoms with Crippen LogP contribution < -0.4 is 5.73 Å². The predicted molar refractivity (Wildman–Crippen MR) is 76.3 cm³/mol. The molecule has 0 bridgehead atoms. The number of benzene rings is 2. The molecule has 0 fully saturated rings. The van der Waals surface area contributed by atoms with Gasteiger partial charge >= 0.3 is 0 Å². The standard InChI is InChI=1S/C15H11F2N3O/c1-8(18)19-10-3-5-14-13(7-10)20-15(21-14)11-4-2-9(16)6-12(11)17/h2-7H,1H3,(H2,18,19). The fourth-order valence-corrected chi connectivity index (χ4v) is 1.97. The van der Waals surface area contributed by atoms with Crippen LogP contribution >= 0.6 is 0 Å². The topological polar surface area (TPSA) is 64.4 Å². The Labute approximate surface area is 118 Å². The fourth-order valence-electron chi connectivity index (χ4n) is 1.97. The first-order chi connectivity index (χ1) is 10.0. The van der Waals surface area contributed by atoms with Crippen LogP contribution in [0.1, 0.15) is 6.92 Å². The fraction of sp³-hybridized carbons (Fsp3) is 0.0667. The highest BCUT2D eigenvalue weighted by Crippen LogP contribution is 2.28. The molecule has 0 atom stereocenters. The van der Waals surface area contributed by atoms with E-state index in [2.05, 4.69) is 9.98 Å². The summed E-state index contributed by atoms with van der Waals surface area (Å²) in [5.41, 5.74) is 7.26. The molecule has 0 radical (unpaired) electrons. The molecule has 0 aliphatic rings. The summed E-state index contributed by atoms with van der Waals surface area (Å²) in [5.74, 6) is -0.865. The Hall–Kier alpha value is -2.76. The Morgan fingerprint density at radius 3 is 2.71 bits per heavy atom. The Morgan fingerprint density at radius 2 is 2.00 bits per heavy atom. The Kier molecular flexibility index (Phi) is 3.13. The number of aliphatic imine (C=N–C) groups is 1. The number of fused-ring (bicyclic) bond motifs is 1.